The number of carbonyl (C=O) groups excluding carboxylic acids is 9. The second kappa shape index (κ2) is 39.6. The van der Waals surface area contributed by atoms with Gasteiger partial charge in [-0.15, -0.1) is 0 Å². The first-order valence-electron chi connectivity index (χ1n) is 24.8. The Bertz CT molecular complexity index is 1840. The molecule has 0 aromatic heterocycles. The quantitative estimate of drug-likeness (QED) is 0.0226. The molecule has 0 aliphatic carbocycles. The van der Waals surface area contributed by atoms with Crippen LogP contribution in [0.5, 0.6) is 0 Å². The van der Waals surface area contributed by atoms with Crippen molar-refractivity contribution >= 4 is 59.5 Å². The lowest BCUT2D eigenvalue weighted by Gasteiger charge is -2.39. The first-order chi connectivity index (χ1) is 36.7. The van der Waals surface area contributed by atoms with Crippen molar-refractivity contribution in [1.29, 1.82) is 0 Å². The van der Waals surface area contributed by atoms with Crippen LogP contribution < -0.4 is 16.0 Å². The zero-order valence-corrected chi connectivity index (χ0v) is 44.3. The molecular weight excluding hydrogens is 1040 g/mol. The minimum absolute atomic E-state index is 0.00129. The minimum atomic E-state index is -1.28. The largest absolute Gasteiger partial charge is 0.480 e. The molecule has 2 aliphatic heterocycles. The number of unbranched alkanes of at least 4 members (excludes halogenated alkanes) is 1. The molecule has 2 aliphatic rings. The first-order valence-corrected chi connectivity index (χ1v) is 24.8. The molecule has 0 unspecified atom stereocenters. The topological polar surface area (TPSA) is 375 Å². The number of rotatable bonds is 40. The van der Waals surface area contributed by atoms with Crippen molar-refractivity contribution in [3.8, 4) is 0 Å². The fourth-order valence-electron chi connectivity index (χ4n) is 7.08. The van der Waals surface area contributed by atoms with Gasteiger partial charge in [0.2, 0.25) is 17.7 Å². The average Bonchev–Trinajstić information content (AvgIpc) is 3.34. The van der Waals surface area contributed by atoms with Gasteiger partial charge in [-0.05, 0) is 19.3 Å². The molecule has 0 aromatic rings. The smallest absolute Gasteiger partial charge is 0.322 e. The maximum Gasteiger partial charge on any atom is 0.322 e. The lowest BCUT2D eigenvalue weighted by atomic mass is 10.0. The Labute approximate surface area is 444 Å². The van der Waals surface area contributed by atoms with Gasteiger partial charge in [-0.2, -0.15) is 0 Å². The summed E-state index contributed by atoms with van der Waals surface area (Å²) in [5, 5.41) is 16.4. The molecule has 0 spiro atoms. The fourth-order valence-corrected chi connectivity index (χ4v) is 7.08. The van der Waals surface area contributed by atoms with Crippen LogP contribution in [-0.4, -0.2) is 232 Å². The van der Waals surface area contributed by atoms with E-state index in [9.17, 15) is 47.9 Å². The lowest BCUT2D eigenvalue weighted by molar-refractivity contribution is -0.283. The van der Waals surface area contributed by atoms with Gasteiger partial charge in [0, 0.05) is 60.9 Å². The third-order valence-electron chi connectivity index (χ3n) is 10.2. The van der Waals surface area contributed by atoms with Crippen molar-refractivity contribution in [2.24, 2.45) is 0 Å². The highest BCUT2D eigenvalue weighted by molar-refractivity contribution is 5.89. The molecular formula is C47H75N3O27. The van der Waals surface area contributed by atoms with Crippen LogP contribution in [0.15, 0.2) is 0 Å². The SMILES string of the molecule is CC(=O)OC[C@H]1O[C@@H](OCCOCCOCCOCC(=O)NCCCC[C@H](NC(=O)COCCOCCOCO[C@H]2C[C@@H](OC(C)=O)[C@@H](OC(C)=O)[C@@H](COC(C)=O)O2)C(=O)NCC(=O)O)C[C@@H](OC(C)=O)[C@H]1OC(C)=O. The Morgan fingerprint density at radius 1 is 0.506 bits per heavy atom. The fraction of sp³-hybridized carbons (Fsp3) is 0.787. The molecule has 440 valence electrons. The summed E-state index contributed by atoms with van der Waals surface area (Å²) in [6.07, 6.45) is -6.78. The van der Waals surface area contributed by atoms with E-state index in [4.69, 9.17) is 80.9 Å². The van der Waals surface area contributed by atoms with E-state index in [0.29, 0.717) is 12.8 Å². The molecule has 0 bridgehead atoms. The number of hydrogen-bond donors (Lipinski definition) is 4. The van der Waals surface area contributed by atoms with Crippen molar-refractivity contribution in [3.05, 3.63) is 0 Å². The van der Waals surface area contributed by atoms with Gasteiger partial charge >= 0.3 is 41.8 Å². The van der Waals surface area contributed by atoms with E-state index in [-0.39, 0.29) is 118 Å². The summed E-state index contributed by atoms with van der Waals surface area (Å²) in [7, 11) is 0. The van der Waals surface area contributed by atoms with E-state index in [1.54, 1.807) is 0 Å². The van der Waals surface area contributed by atoms with E-state index in [1.807, 2.05) is 0 Å². The van der Waals surface area contributed by atoms with Crippen LogP contribution in [-0.2, 0) is 124 Å². The third-order valence-corrected chi connectivity index (χ3v) is 10.2. The molecule has 9 atom stereocenters. The molecule has 0 aromatic carbocycles. The van der Waals surface area contributed by atoms with E-state index in [0.717, 1.165) is 0 Å². The Kier molecular flexibility index (Phi) is 34.7. The predicted molar refractivity (Wildman–Crippen MR) is 253 cm³/mol. The van der Waals surface area contributed by atoms with Crippen molar-refractivity contribution in [1.82, 2.24) is 16.0 Å². The summed E-state index contributed by atoms with van der Waals surface area (Å²) in [6, 6.07) is -1.09. The van der Waals surface area contributed by atoms with Crippen LogP contribution in [0.3, 0.4) is 0 Å². The van der Waals surface area contributed by atoms with Gasteiger partial charge in [0.1, 0.15) is 70.2 Å². The minimum Gasteiger partial charge on any atom is -0.480 e. The highest BCUT2D eigenvalue weighted by Crippen LogP contribution is 2.28. The normalized spacial score (nSPS) is 21.3. The molecule has 2 heterocycles. The maximum atomic E-state index is 12.7. The van der Waals surface area contributed by atoms with Gasteiger partial charge in [0.25, 0.3) is 0 Å². The van der Waals surface area contributed by atoms with Crippen LogP contribution in [0.4, 0.5) is 0 Å². The maximum absolute atomic E-state index is 12.7. The van der Waals surface area contributed by atoms with Gasteiger partial charge < -0.3 is 96.8 Å². The van der Waals surface area contributed by atoms with Gasteiger partial charge in [0.05, 0.1) is 66.1 Å². The van der Waals surface area contributed by atoms with Crippen molar-refractivity contribution in [2.45, 2.75) is 129 Å². The second-order valence-electron chi connectivity index (χ2n) is 16.8. The number of carboxylic acids is 1. The Balaban J connectivity index is 1.57. The van der Waals surface area contributed by atoms with Crippen LogP contribution in [0.2, 0.25) is 0 Å². The van der Waals surface area contributed by atoms with Crippen molar-refractivity contribution in [2.75, 3.05) is 112 Å². The number of esters is 6. The molecule has 0 radical (unpaired) electrons. The molecule has 3 amide bonds. The first kappa shape index (κ1) is 67.4. The van der Waals surface area contributed by atoms with Gasteiger partial charge in [-0.1, -0.05) is 0 Å². The summed E-state index contributed by atoms with van der Waals surface area (Å²) in [6.45, 7) is 6.42. The van der Waals surface area contributed by atoms with Gasteiger partial charge in [0.15, 0.2) is 24.8 Å². The number of nitrogens with one attached hydrogen (secondary N) is 3. The molecule has 4 N–H and O–H groups in total. The summed E-state index contributed by atoms with van der Waals surface area (Å²) in [4.78, 5) is 118. The van der Waals surface area contributed by atoms with Crippen LogP contribution in [0, 0.1) is 0 Å². The molecule has 30 heteroatoms. The van der Waals surface area contributed by atoms with E-state index < -0.39 is 128 Å². The molecule has 77 heavy (non-hydrogen) atoms. The van der Waals surface area contributed by atoms with Crippen molar-refractivity contribution in [3.63, 3.8) is 0 Å². The number of hydrogen-bond acceptors (Lipinski definition) is 26. The number of ether oxygens (including phenoxy) is 16. The van der Waals surface area contributed by atoms with Crippen LogP contribution in [0.25, 0.3) is 0 Å². The monoisotopic (exact) mass is 1110 g/mol. The summed E-state index contributed by atoms with van der Waals surface area (Å²) in [5.74, 6) is -6.74. The van der Waals surface area contributed by atoms with Crippen LogP contribution >= 0.6 is 0 Å². The Morgan fingerprint density at radius 3 is 1.42 bits per heavy atom. The van der Waals surface area contributed by atoms with Gasteiger partial charge in [-0.25, -0.2) is 0 Å². The van der Waals surface area contributed by atoms with E-state index in [2.05, 4.69) is 16.0 Å². The summed E-state index contributed by atoms with van der Waals surface area (Å²) in [5.41, 5.74) is 0. The van der Waals surface area contributed by atoms with E-state index >= 15 is 0 Å². The zero-order valence-electron chi connectivity index (χ0n) is 44.3. The Hall–Kier alpha value is -5.70. The number of carbonyl (C=O) groups is 10. The number of aliphatic carboxylic acids is 1. The van der Waals surface area contributed by atoms with E-state index in [1.165, 1.54) is 41.5 Å². The number of amides is 3. The zero-order chi connectivity index (χ0) is 57.0. The third kappa shape index (κ3) is 32.6. The van der Waals surface area contributed by atoms with Crippen molar-refractivity contribution < 1.29 is 129 Å². The predicted octanol–water partition coefficient (Wildman–Crippen LogP) is -1.87. The molecule has 0 saturated carbocycles. The molecule has 30 nitrogen and oxygen atoms in total. The standard InChI is InChI=1S/C47H75N3O27/c1-29(51)69-24-38-45(74-33(5)55)36(72-31(3)53)21-43(76-38)68-20-19-64-12-11-62-13-16-65-26-40(57)48-10-8-7-9-35(47(61)49-23-42(59)60)50-41(58)27-66-17-14-63-15-18-67-28-71-44-22-37(73-32(4)54)46(75-34(6)56)39(77-44)25-70-30(2)52/h35-39,43-46H,7-28H2,1-6H3,(H,48,57)(H,49,61)(H,50,58)(H,59,60)/t35-,36+,37+,38+,39+,43+,44+,45+,46+/m0/s1. The molecule has 2 fully saturated rings. The summed E-state index contributed by atoms with van der Waals surface area (Å²) < 4.78 is 86.7. The van der Waals surface area contributed by atoms with Gasteiger partial charge in [-0.3, -0.25) is 47.9 Å². The van der Waals surface area contributed by atoms with Crippen LogP contribution in [0.1, 0.15) is 73.6 Å². The second-order valence-corrected chi connectivity index (χ2v) is 16.8. The Morgan fingerprint density at radius 2 is 0.948 bits per heavy atom. The molecule has 2 rings (SSSR count). The number of carboxylic acid groups (broad SMARTS) is 1. The average molecular weight is 1110 g/mol. The highest BCUT2D eigenvalue weighted by Gasteiger charge is 2.45. The summed E-state index contributed by atoms with van der Waals surface area (Å²) >= 11 is 0. The lowest BCUT2D eigenvalue weighted by Crippen LogP contribution is -2.54. The molecule has 2 saturated heterocycles. The highest BCUT2D eigenvalue weighted by atomic mass is 16.8.